The Balaban J connectivity index is 2.32. The number of rotatable bonds is 7. The van der Waals surface area contributed by atoms with Gasteiger partial charge in [-0.3, -0.25) is 8.37 Å². The van der Waals surface area contributed by atoms with Crippen LogP contribution in [0.1, 0.15) is 46.5 Å². The Bertz CT molecular complexity index is 755. The van der Waals surface area contributed by atoms with Gasteiger partial charge in [-0.05, 0) is 55.1 Å². The van der Waals surface area contributed by atoms with Crippen molar-refractivity contribution in [2.45, 2.75) is 76.8 Å². The summed E-state index contributed by atoms with van der Waals surface area (Å²) in [6.45, 7) is 10.9. The number of hydrogen-bond donors (Lipinski definition) is 0. The molecule has 166 valence electrons. The van der Waals surface area contributed by atoms with Crippen LogP contribution in [-0.2, 0) is 33.0 Å². The highest BCUT2D eigenvalue weighted by atomic mass is 32.2. The normalized spacial score (nSPS) is 32.3. The van der Waals surface area contributed by atoms with Crippen molar-refractivity contribution >= 4 is 28.6 Å². The predicted molar refractivity (Wildman–Crippen MR) is 112 cm³/mol. The third-order valence-electron chi connectivity index (χ3n) is 6.59. The molecule has 0 N–H and O–H groups in total. The third-order valence-corrected chi connectivity index (χ3v) is 12.2. The van der Waals surface area contributed by atoms with E-state index in [1.807, 2.05) is 0 Å². The fraction of sp³-hybridized carbons (Fsp3) is 1.00. The first-order chi connectivity index (χ1) is 12.5. The van der Waals surface area contributed by atoms with Crippen molar-refractivity contribution in [1.29, 1.82) is 0 Å². The molecule has 7 nitrogen and oxygen atoms in total. The second-order valence-corrected chi connectivity index (χ2v) is 17.9. The van der Waals surface area contributed by atoms with Gasteiger partial charge in [0.15, 0.2) is 8.32 Å². The van der Waals surface area contributed by atoms with Crippen molar-refractivity contribution < 1.29 is 29.6 Å². The van der Waals surface area contributed by atoms with Crippen LogP contribution >= 0.6 is 0 Å². The van der Waals surface area contributed by atoms with E-state index in [9.17, 15) is 16.8 Å². The van der Waals surface area contributed by atoms with Gasteiger partial charge in [-0.15, -0.1) is 0 Å². The molecule has 5 atom stereocenters. The Morgan fingerprint density at radius 3 is 2.04 bits per heavy atom. The van der Waals surface area contributed by atoms with E-state index in [0.717, 1.165) is 31.8 Å². The molecular weight excluding hydrogens is 420 g/mol. The van der Waals surface area contributed by atoms with Crippen LogP contribution in [0.3, 0.4) is 0 Å². The maximum atomic E-state index is 11.9. The van der Waals surface area contributed by atoms with Gasteiger partial charge < -0.3 is 4.43 Å². The van der Waals surface area contributed by atoms with E-state index in [1.54, 1.807) is 0 Å². The van der Waals surface area contributed by atoms with Crippen molar-refractivity contribution in [3.63, 3.8) is 0 Å². The molecule has 0 aromatic rings. The van der Waals surface area contributed by atoms with Crippen LogP contribution in [0.2, 0.25) is 18.1 Å². The SMILES string of the molecule is CC(C)(C)[Si](C)(C)O[C@@H]1[C@@H]2CCC[C@H]2[C@H](COS(C)(=O)=O)C[C@H]1OS(C)(=O)=O. The smallest absolute Gasteiger partial charge is 0.264 e. The van der Waals surface area contributed by atoms with Gasteiger partial charge in [0.1, 0.15) is 6.10 Å². The zero-order chi connectivity index (χ0) is 21.5. The highest BCUT2D eigenvalue weighted by molar-refractivity contribution is 7.86. The van der Waals surface area contributed by atoms with Gasteiger partial charge >= 0.3 is 0 Å². The lowest BCUT2D eigenvalue weighted by atomic mass is 9.71. The van der Waals surface area contributed by atoms with Crippen LogP contribution in [0.25, 0.3) is 0 Å². The quantitative estimate of drug-likeness (QED) is 0.429. The summed E-state index contributed by atoms with van der Waals surface area (Å²) in [6.07, 6.45) is 4.54. The van der Waals surface area contributed by atoms with Gasteiger partial charge in [-0.25, -0.2) is 0 Å². The van der Waals surface area contributed by atoms with E-state index in [1.165, 1.54) is 0 Å². The van der Waals surface area contributed by atoms with Crippen LogP contribution in [0.4, 0.5) is 0 Å². The Kier molecular flexibility index (Phi) is 7.16. The second-order valence-electron chi connectivity index (χ2n) is 9.92. The maximum absolute atomic E-state index is 11.9. The van der Waals surface area contributed by atoms with Crippen LogP contribution < -0.4 is 0 Å². The molecule has 2 rings (SSSR count). The summed E-state index contributed by atoms with van der Waals surface area (Å²) in [4.78, 5) is 0. The van der Waals surface area contributed by atoms with Crippen molar-refractivity contribution in [1.82, 2.24) is 0 Å². The largest absolute Gasteiger partial charge is 0.411 e. The van der Waals surface area contributed by atoms with Crippen molar-refractivity contribution in [2.75, 3.05) is 19.1 Å². The lowest BCUT2D eigenvalue weighted by Crippen LogP contribution is -2.55. The zero-order valence-corrected chi connectivity index (χ0v) is 20.7. The summed E-state index contributed by atoms with van der Waals surface area (Å²) < 4.78 is 64.1. The average Bonchev–Trinajstić information content (AvgIpc) is 2.94. The third kappa shape index (κ3) is 6.25. The highest BCUT2D eigenvalue weighted by Gasteiger charge is 2.52. The van der Waals surface area contributed by atoms with E-state index in [2.05, 4.69) is 33.9 Å². The van der Waals surface area contributed by atoms with Gasteiger partial charge in [-0.2, -0.15) is 16.8 Å². The lowest BCUT2D eigenvalue weighted by molar-refractivity contribution is -0.0654. The first-order valence-corrected chi connectivity index (χ1v) is 16.4. The molecule has 0 heterocycles. The summed E-state index contributed by atoms with van der Waals surface area (Å²) in [5.41, 5.74) is 0. The molecule has 0 unspecified atom stereocenters. The zero-order valence-electron chi connectivity index (χ0n) is 18.1. The van der Waals surface area contributed by atoms with E-state index < -0.39 is 34.7 Å². The standard InChI is InChI=1S/C18H36O7S2Si/c1-18(2,3)28(6,7)25-17-15-10-8-9-14(15)13(12-23-26(4,19)20)11-16(17)24-27(5,21)22/h13-17H,8-12H2,1-7H3/t13-,14-,15+,16+,17+/m0/s1. The van der Waals surface area contributed by atoms with E-state index in [0.29, 0.717) is 6.42 Å². The lowest BCUT2D eigenvalue weighted by Gasteiger charge is -2.48. The molecular formula is C18H36O7S2Si. The Morgan fingerprint density at radius 1 is 0.964 bits per heavy atom. The van der Waals surface area contributed by atoms with E-state index in [4.69, 9.17) is 12.8 Å². The van der Waals surface area contributed by atoms with Crippen LogP contribution in [0.15, 0.2) is 0 Å². The second kappa shape index (κ2) is 8.26. The molecule has 2 aliphatic rings. The van der Waals surface area contributed by atoms with E-state index in [-0.39, 0.29) is 35.5 Å². The summed E-state index contributed by atoms with van der Waals surface area (Å²) in [6, 6.07) is 0. The molecule has 0 spiro atoms. The summed E-state index contributed by atoms with van der Waals surface area (Å²) in [5, 5.41) is -0.00696. The molecule has 0 radical (unpaired) electrons. The van der Waals surface area contributed by atoms with E-state index >= 15 is 0 Å². The molecule has 0 aliphatic heterocycles. The molecule has 10 heteroatoms. The molecule has 0 aromatic heterocycles. The Morgan fingerprint density at radius 2 is 1.54 bits per heavy atom. The minimum Gasteiger partial charge on any atom is -0.411 e. The van der Waals surface area contributed by atoms with Crippen LogP contribution in [-0.4, -0.2) is 56.5 Å². The van der Waals surface area contributed by atoms with Gasteiger partial charge in [0.05, 0.1) is 25.2 Å². The summed E-state index contributed by atoms with van der Waals surface area (Å²) >= 11 is 0. The predicted octanol–water partition coefficient (Wildman–Crippen LogP) is 3.13. The van der Waals surface area contributed by atoms with Crippen molar-refractivity contribution in [2.24, 2.45) is 17.8 Å². The monoisotopic (exact) mass is 456 g/mol. The first kappa shape index (κ1) is 24.3. The molecule has 2 saturated carbocycles. The van der Waals surface area contributed by atoms with Gasteiger partial charge in [0.25, 0.3) is 20.2 Å². The summed E-state index contributed by atoms with van der Waals surface area (Å²) in [5.74, 6) is 0.354. The molecule has 28 heavy (non-hydrogen) atoms. The van der Waals surface area contributed by atoms with Gasteiger partial charge in [-0.1, -0.05) is 27.2 Å². The number of fused-ring (bicyclic) bond motifs is 1. The van der Waals surface area contributed by atoms with Crippen molar-refractivity contribution in [3.05, 3.63) is 0 Å². The molecule has 0 aromatic carbocycles. The van der Waals surface area contributed by atoms with Gasteiger partial charge in [0.2, 0.25) is 0 Å². The Labute approximate surface area is 171 Å². The van der Waals surface area contributed by atoms with Crippen molar-refractivity contribution in [3.8, 4) is 0 Å². The minimum absolute atomic E-state index is 0.00696. The molecule has 0 bridgehead atoms. The average molecular weight is 457 g/mol. The molecule has 2 fully saturated rings. The van der Waals surface area contributed by atoms with Crippen LogP contribution in [0.5, 0.6) is 0 Å². The fourth-order valence-corrected chi connectivity index (χ4v) is 6.71. The Hall–Kier alpha value is -0.00312. The first-order valence-electron chi connectivity index (χ1n) is 9.91. The summed E-state index contributed by atoms with van der Waals surface area (Å²) in [7, 11) is -9.36. The maximum Gasteiger partial charge on any atom is 0.264 e. The molecule has 0 saturated heterocycles. The van der Waals surface area contributed by atoms with Gasteiger partial charge in [0, 0.05) is 0 Å². The topological polar surface area (TPSA) is 96.0 Å². The fourth-order valence-electron chi connectivity index (χ4n) is 4.30. The number of hydrogen-bond acceptors (Lipinski definition) is 7. The highest BCUT2D eigenvalue weighted by Crippen LogP contribution is 2.50. The minimum atomic E-state index is -3.67. The molecule has 2 aliphatic carbocycles. The molecule has 0 amide bonds. The van der Waals surface area contributed by atoms with Crippen LogP contribution in [0, 0.1) is 17.8 Å².